The molecular weight excluding hydrogens is 278 g/mol. The number of carbonyl (C=O) groups excluding carboxylic acids is 2. The van der Waals surface area contributed by atoms with Crippen LogP contribution in [0.4, 0.5) is 0 Å². The molecule has 1 aromatic heterocycles. The Morgan fingerprint density at radius 1 is 0.955 bits per heavy atom. The van der Waals surface area contributed by atoms with Gasteiger partial charge in [0.25, 0.3) is 0 Å². The van der Waals surface area contributed by atoms with Gasteiger partial charge in [0.1, 0.15) is 5.69 Å². The van der Waals surface area contributed by atoms with Crippen LogP contribution in [0.15, 0.2) is 66.7 Å². The Bertz CT molecular complexity index is 815. The number of aromatic nitrogens is 1. The highest BCUT2D eigenvalue weighted by Crippen LogP contribution is 2.18. The summed E-state index contributed by atoms with van der Waals surface area (Å²) < 4.78 is 5.25. The maximum absolute atomic E-state index is 12.2. The number of fused-ring (bicyclic) bond motifs is 1. The molecule has 3 rings (SSSR count). The molecule has 0 fully saturated rings. The topological polar surface area (TPSA) is 56.3 Å². The number of pyridine rings is 1. The largest absolute Gasteiger partial charge is 0.445 e. The fourth-order valence-corrected chi connectivity index (χ4v) is 2.17. The molecule has 3 aromatic rings. The zero-order valence-electron chi connectivity index (χ0n) is 11.7. The van der Waals surface area contributed by atoms with E-state index >= 15 is 0 Å². The average molecular weight is 291 g/mol. The Morgan fingerprint density at radius 2 is 1.68 bits per heavy atom. The van der Waals surface area contributed by atoms with Gasteiger partial charge in [0.05, 0.1) is 5.52 Å². The molecule has 1 atom stereocenters. The normalized spacial score (nSPS) is 11.8. The zero-order valence-corrected chi connectivity index (χ0v) is 11.7. The molecule has 0 spiro atoms. The van der Waals surface area contributed by atoms with Crippen molar-refractivity contribution in [3.05, 3.63) is 78.0 Å². The van der Waals surface area contributed by atoms with E-state index in [2.05, 4.69) is 4.98 Å². The standard InChI is InChI=1S/C18H13NO3/c20-12-17(14-7-2-1-3-8-14)22-18(21)16-11-10-13-6-4-5-9-15(13)19-16/h1-12,17H. The maximum atomic E-state index is 12.2. The molecule has 0 saturated carbocycles. The molecule has 0 aliphatic carbocycles. The van der Waals surface area contributed by atoms with E-state index in [1.807, 2.05) is 30.3 Å². The molecule has 0 radical (unpaired) electrons. The van der Waals surface area contributed by atoms with Gasteiger partial charge in [-0.15, -0.1) is 0 Å². The highest BCUT2D eigenvalue weighted by atomic mass is 16.5. The van der Waals surface area contributed by atoms with Crippen molar-refractivity contribution in [2.75, 3.05) is 0 Å². The van der Waals surface area contributed by atoms with Crippen molar-refractivity contribution < 1.29 is 14.3 Å². The Kier molecular flexibility index (Phi) is 3.92. The summed E-state index contributed by atoms with van der Waals surface area (Å²) in [6, 6.07) is 19.8. The minimum absolute atomic E-state index is 0.182. The Balaban J connectivity index is 1.84. The number of esters is 1. The number of hydrogen-bond donors (Lipinski definition) is 0. The van der Waals surface area contributed by atoms with Crippen LogP contribution in [0.3, 0.4) is 0 Å². The van der Waals surface area contributed by atoms with Gasteiger partial charge in [0.2, 0.25) is 0 Å². The molecule has 0 amide bonds. The first-order chi connectivity index (χ1) is 10.8. The second-order valence-electron chi connectivity index (χ2n) is 4.76. The molecule has 1 heterocycles. The number of nitrogens with zero attached hydrogens (tertiary/aromatic N) is 1. The molecule has 0 saturated heterocycles. The van der Waals surface area contributed by atoms with Crippen LogP contribution < -0.4 is 0 Å². The molecule has 0 bridgehead atoms. The molecule has 0 N–H and O–H groups in total. The number of ether oxygens (including phenoxy) is 1. The van der Waals surface area contributed by atoms with Crippen LogP contribution in [-0.2, 0) is 9.53 Å². The van der Waals surface area contributed by atoms with Crippen molar-refractivity contribution in [1.29, 1.82) is 0 Å². The van der Waals surface area contributed by atoms with Gasteiger partial charge in [-0.1, -0.05) is 54.6 Å². The third kappa shape index (κ3) is 2.86. The number of carbonyl (C=O) groups is 2. The van der Waals surface area contributed by atoms with Crippen molar-refractivity contribution in [2.45, 2.75) is 6.10 Å². The van der Waals surface area contributed by atoms with Crippen LogP contribution in [-0.4, -0.2) is 17.2 Å². The number of aldehydes is 1. The van der Waals surface area contributed by atoms with E-state index < -0.39 is 12.1 Å². The van der Waals surface area contributed by atoms with E-state index in [9.17, 15) is 9.59 Å². The van der Waals surface area contributed by atoms with Crippen LogP contribution >= 0.6 is 0 Å². The molecule has 22 heavy (non-hydrogen) atoms. The van der Waals surface area contributed by atoms with Gasteiger partial charge in [-0.25, -0.2) is 9.78 Å². The summed E-state index contributed by atoms with van der Waals surface area (Å²) in [4.78, 5) is 27.6. The van der Waals surface area contributed by atoms with Gasteiger partial charge >= 0.3 is 5.97 Å². The number of hydrogen-bond acceptors (Lipinski definition) is 4. The minimum Gasteiger partial charge on any atom is -0.445 e. The maximum Gasteiger partial charge on any atom is 0.357 e. The number of rotatable bonds is 4. The monoisotopic (exact) mass is 291 g/mol. The first kappa shape index (κ1) is 13.9. The predicted molar refractivity (Wildman–Crippen MR) is 82.4 cm³/mol. The Hall–Kier alpha value is -3.01. The van der Waals surface area contributed by atoms with E-state index in [1.165, 1.54) is 0 Å². The summed E-state index contributed by atoms with van der Waals surface area (Å²) in [5, 5.41) is 0.939. The summed E-state index contributed by atoms with van der Waals surface area (Å²) in [6.45, 7) is 0. The lowest BCUT2D eigenvalue weighted by Crippen LogP contribution is -2.14. The zero-order chi connectivity index (χ0) is 15.4. The van der Waals surface area contributed by atoms with E-state index in [-0.39, 0.29) is 5.69 Å². The van der Waals surface area contributed by atoms with Crippen LogP contribution in [0, 0.1) is 0 Å². The predicted octanol–water partition coefficient (Wildman–Crippen LogP) is 3.33. The smallest absolute Gasteiger partial charge is 0.357 e. The third-order valence-electron chi connectivity index (χ3n) is 3.29. The molecule has 4 nitrogen and oxygen atoms in total. The van der Waals surface area contributed by atoms with E-state index in [1.54, 1.807) is 36.4 Å². The lowest BCUT2D eigenvalue weighted by Gasteiger charge is -2.12. The quantitative estimate of drug-likeness (QED) is 0.546. The molecule has 0 aliphatic rings. The van der Waals surface area contributed by atoms with Crippen molar-refractivity contribution >= 4 is 23.2 Å². The number of para-hydroxylation sites is 1. The van der Waals surface area contributed by atoms with Gasteiger partial charge in [-0.3, -0.25) is 4.79 Å². The van der Waals surface area contributed by atoms with Crippen molar-refractivity contribution in [3.63, 3.8) is 0 Å². The van der Waals surface area contributed by atoms with Gasteiger partial charge in [-0.05, 0) is 17.7 Å². The fraction of sp³-hybridized carbons (Fsp3) is 0.0556. The van der Waals surface area contributed by atoms with Crippen LogP contribution in [0.1, 0.15) is 22.2 Å². The minimum atomic E-state index is -0.929. The van der Waals surface area contributed by atoms with Crippen LogP contribution in [0.25, 0.3) is 10.9 Å². The lowest BCUT2D eigenvalue weighted by molar-refractivity contribution is -0.115. The van der Waals surface area contributed by atoms with Gasteiger partial charge in [0.15, 0.2) is 12.4 Å². The summed E-state index contributed by atoms with van der Waals surface area (Å²) in [5.41, 5.74) is 1.52. The first-order valence-electron chi connectivity index (χ1n) is 6.85. The van der Waals surface area contributed by atoms with E-state index in [0.29, 0.717) is 17.4 Å². The highest BCUT2D eigenvalue weighted by molar-refractivity contribution is 5.91. The van der Waals surface area contributed by atoms with Crippen molar-refractivity contribution in [3.8, 4) is 0 Å². The Morgan fingerprint density at radius 3 is 2.45 bits per heavy atom. The summed E-state index contributed by atoms with van der Waals surface area (Å²) in [7, 11) is 0. The van der Waals surface area contributed by atoms with Crippen molar-refractivity contribution in [1.82, 2.24) is 4.98 Å². The SMILES string of the molecule is O=CC(OC(=O)c1ccc2ccccc2n1)c1ccccc1. The molecule has 2 aromatic carbocycles. The molecule has 4 heteroatoms. The molecule has 0 aliphatic heterocycles. The van der Waals surface area contributed by atoms with Crippen LogP contribution in [0.5, 0.6) is 0 Å². The first-order valence-corrected chi connectivity index (χ1v) is 6.85. The second-order valence-corrected chi connectivity index (χ2v) is 4.76. The van der Waals surface area contributed by atoms with Crippen molar-refractivity contribution in [2.24, 2.45) is 0 Å². The van der Waals surface area contributed by atoms with Crippen LogP contribution in [0.2, 0.25) is 0 Å². The lowest BCUT2D eigenvalue weighted by atomic mass is 10.1. The summed E-state index contributed by atoms with van der Waals surface area (Å²) >= 11 is 0. The third-order valence-corrected chi connectivity index (χ3v) is 3.29. The van der Waals surface area contributed by atoms with Gasteiger partial charge in [-0.2, -0.15) is 0 Å². The fourth-order valence-electron chi connectivity index (χ4n) is 2.17. The highest BCUT2D eigenvalue weighted by Gasteiger charge is 2.18. The average Bonchev–Trinajstić information content (AvgIpc) is 2.59. The molecule has 1 unspecified atom stereocenters. The molecular formula is C18H13NO3. The second kappa shape index (κ2) is 6.18. The van der Waals surface area contributed by atoms with E-state index in [0.717, 1.165) is 5.39 Å². The Labute approximate surface area is 127 Å². The van der Waals surface area contributed by atoms with E-state index in [4.69, 9.17) is 4.74 Å². The molecule has 108 valence electrons. The summed E-state index contributed by atoms with van der Waals surface area (Å²) in [5.74, 6) is -0.619. The van der Waals surface area contributed by atoms with Gasteiger partial charge in [0, 0.05) is 5.39 Å². The van der Waals surface area contributed by atoms with Gasteiger partial charge < -0.3 is 4.74 Å². The number of benzene rings is 2. The summed E-state index contributed by atoms with van der Waals surface area (Å²) in [6.07, 6.45) is -0.323.